The minimum absolute atomic E-state index is 0.100. The summed E-state index contributed by atoms with van der Waals surface area (Å²) < 4.78 is 5.31. The van der Waals surface area contributed by atoms with Gasteiger partial charge in [-0.05, 0) is 33.4 Å². The fraction of sp³-hybridized carbons (Fsp3) is 0.455. The third kappa shape index (κ3) is 5.23. The molecule has 1 amide bonds. The molecule has 1 N–H and O–H groups in total. The molecule has 2 heterocycles. The topological polar surface area (TPSA) is 61.9 Å². The van der Waals surface area contributed by atoms with Crippen molar-refractivity contribution in [3.8, 4) is 11.1 Å². The molecule has 29 heavy (non-hydrogen) atoms. The number of nitrogens with one attached hydrogen (secondary N) is 1. The van der Waals surface area contributed by atoms with E-state index in [1.807, 2.05) is 38.1 Å². The first-order valence-corrected chi connectivity index (χ1v) is 10.8. The molecule has 156 valence electrons. The zero-order chi connectivity index (χ0) is 21.0. The monoisotopic (exact) mass is 415 g/mol. The minimum Gasteiger partial charge on any atom is -0.462 e. The Kier molecular flexibility index (Phi) is 7.05. The van der Waals surface area contributed by atoms with Crippen molar-refractivity contribution in [2.45, 2.75) is 20.8 Å². The highest BCUT2D eigenvalue weighted by Gasteiger charge is 2.26. The van der Waals surface area contributed by atoms with Gasteiger partial charge in [0, 0.05) is 36.6 Å². The summed E-state index contributed by atoms with van der Waals surface area (Å²) in [6.07, 6.45) is 0. The number of hydrogen-bond acceptors (Lipinski definition) is 6. The highest BCUT2D eigenvalue weighted by molar-refractivity contribution is 7.17. The number of amides is 1. The van der Waals surface area contributed by atoms with Gasteiger partial charge in [-0.2, -0.15) is 0 Å². The number of benzene rings is 1. The molecular weight excluding hydrogens is 386 g/mol. The van der Waals surface area contributed by atoms with E-state index in [4.69, 9.17) is 4.74 Å². The zero-order valence-corrected chi connectivity index (χ0v) is 18.4. The molecule has 6 nitrogen and oxygen atoms in total. The second-order valence-corrected chi connectivity index (χ2v) is 8.68. The van der Waals surface area contributed by atoms with Crippen molar-refractivity contribution in [2.75, 3.05) is 51.7 Å². The van der Waals surface area contributed by atoms with Gasteiger partial charge in [-0.15, -0.1) is 11.3 Å². The third-order valence-corrected chi connectivity index (χ3v) is 6.14. The lowest BCUT2D eigenvalue weighted by molar-refractivity contribution is -0.117. The van der Waals surface area contributed by atoms with Crippen LogP contribution in [0.3, 0.4) is 0 Å². The van der Waals surface area contributed by atoms with Crippen LogP contribution in [0.25, 0.3) is 11.1 Å². The lowest BCUT2D eigenvalue weighted by Crippen LogP contribution is -2.47. The summed E-state index contributed by atoms with van der Waals surface area (Å²) in [4.78, 5) is 30.8. The smallest absolute Gasteiger partial charge is 0.341 e. The van der Waals surface area contributed by atoms with Crippen molar-refractivity contribution in [1.29, 1.82) is 0 Å². The standard InChI is InChI=1S/C22H29N3O3S/c1-5-28-22(27)20-19(17-8-6-15(2)7-9-17)16(3)29-21(20)23-18(26)14-25-12-10-24(4)11-13-25/h6-9H,5,10-14H2,1-4H3,(H,23,26). The summed E-state index contributed by atoms with van der Waals surface area (Å²) in [5.41, 5.74) is 3.39. The van der Waals surface area contributed by atoms with Crippen molar-refractivity contribution in [3.05, 3.63) is 40.3 Å². The van der Waals surface area contributed by atoms with Gasteiger partial charge in [0.25, 0.3) is 0 Å². The van der Waals surface area contributed by atoms with Gasteiger partial charge in [0.15, 0.2) is 0 Å². The second kappa shape index (κ2) is 9.52. The first-order chi connectivity index (χ1) is 13.9. The number of nitrogens with zero attached hydrogens (tertiary/aromatic N) is 2. The molecule has 0 saturated carbocycles. The molecule has 1 aromatic heterocycles. The fourth-order valence-electron chi connectivity index (χ4n) is 3.47. The molecule has 0 unspecified atom stereocenters. The molecule has 0 spiro atoms. The van der Waals surface area contributed by atoms with Crippen LogP contribution in [0.2, 0.25) is 0 Å². The predicted octanol–water partition coefficient (Wildman–Crippen LogP) is 3.39. The van der Waals surface area contributed by atoms with Crippen LogP contribution >= 0.6 is 11.3 Å². The van der Waals surface area contributed by atoms with E-state index in [-0.39, 0.29) is 12.5 Å². The molecular formula is C22H29N3O3S. The number of aryl methyl sites for hydroxylation is 2. The van der Waals surface area contributed by atoms with Crippen molar-refractivity contribution < 1.29 is 14.3 Å². The van der Waals surface area contributed by atoms with Crippen LogP contribution in [0.5, 0.6) is 0 Å². The Labute approximate surface area is 176 Å². The van der Waals surface area contributed by atoms with E-state index in [0.29, 0.717) is 17.1 Å². The molecule has 0 radical (unpaired) electrons. The number of thiophene rings is 1. The van der Waals surface area contributed by atoms with Gasteiger partial charge >= 0.3 is 5.97 Å². The van der Waals surface area contributed by atoms with Crippen LogP contribution in [0.15, 0.2) is 24.3 Å². The average molecular weight is 416 g/mol. The summed E-state index contributed by atoms with van der Waals surface area (Å²) in [6.45, 7) is 10.0. The van der Waals surface area contributed by atoms with Gasteiger partial charge in [-0.25, -0.2) is 4.79 Å². The van der Waals surface area contributed by atoms with Crippen LogP contribution in [-0.4, -0.2) is 68.1 Å². The van der Waals surface area contributed by atoms with Crippen molar-refractivity contribution >= 4 is 28.2 Å². The number of anilines is 1. The lowest BCUT2D eigenvalue weighted by atomic mass is 10.0. The fourth-order valence-corrected chi connectivity index (χ4v) is 4.55. The van der Waals surface area contributed by atoms with Crippen LogP contribution in [0.1, 0.15) is 27.7 Å². The molecule has 0 aliphatic carbocycles. The molecule has 3 rings (SSSR count). The van der Waals surface area contributed by atoms with E-state index in [0.717, 1.165) is 47.7 Å². The highest BCUT2D eigenvalue weighted by Crippen LogP contribution is 2.40. The van der Waals surface area contributed by atoms with Crippen LogP contribution in [0.4, 0.5) is 5.00 Å². The number of ether oxygens (including phenoxy) is 1. The Morgan fingerprint density at radius 1 is 1.10 bits per heavy atom. The van der Waals surface area contributed by atoms with Crippen LogP contribution < -0.4 is 5.32 Å². The summed E-state index contributed by atoms with van der Waals surface area (Å²) in [6, 6.07) is 8.05. The number of likely N-dealkylation sites (N-methyl/N-ethyl adjacent to an activating group) is 1. The molecule has 1 aliphatic rings. The minimum atomic E-state index is -0.401. The number of esters is 1. The van der Waals surface area contributed by atoms with Gasteiger partial charge in [-0.3, -0.25) is 9.69 Å². The number of carbonyl (C=O) groups excluding carboxylic acids is 2. The third-order valence-electron chi connectivity index (χ3n) is 5.12. The number of carbonyl (C=O) groups is 2. The van der Waals surface area contributed by atoms with Crippen molar-refractivity contribution in [1.82, 2.24) is 9.80 Å². The number of piperazine rings is 1. The van der Waals surface area contributed by atoms with Crippen molar-refractivity contribution in [3.63, 3.8) is 0 Å². The maximum absolute atomic E-state index is 12.8. The molecule has 1 saturated heterocycles. The highest BCUT2D eigenvalue weighted by atomic mass is 32.1. The van der Waals surface area contributed by atoms with Gasteiger partial charge in [0.2, 0.25) is 5.91 Å². The largest absolute Gasteiger partial charge is 0.462 e. The summed E-state index contributed by atoms with van der Waals surface area (Å²) in [5.74, 6) is -0.501. The average Bonchev–Trinajstić information content (AvgIpc) is 3.00. The van der Waals surface area contributed by atoms with E-state index < -0.39 is 5.97 Å². The first-order valence-electron chi connectivity index (χ1n) is 9.97. The van der Waals surface area contributed by atoms with E-state index in [1.54, 1.807) is 6.92 Å². The Bertz CT molecular complexity index is 868. The van der Waals surface area contributed by atoms with E-state index in [2.05, 4.69) is 22.2 Å². The molecule has 1 fully saturated rings. The molecule has 0 atom stereocenters. The summed E-state index contributed by atoms with van der Waals surface area (Å²) >= 11 is 1.43. The van der Waals surface area contributed by atoms with Gasteiger partial charge in [0.05, 0.1) is 13.2 Å². The SMILES string of the molecule is CCOC(=O)c1c(NC(=O)CN2CCN(C)CC2)sc(C)c1-c1ccc(C)cc1. The first kappa shape index (κ1) is 21.5. The van der Waals surface area contributed by atoms with Crippen molar-refractivity contribution in [2.24, 2.45) is 0 Å². The Morgan fingerprint density at radius 2 is 1.76 bits per heavy atom. The molecule has 7 heteroatoms. The quantitative estimate of drug-likeness (QED) is 0.733. The maximum atomic E-state index is 12.8. The normalized spacial score (nSPS) is 15.3. The van der Waals surface area contributed by atoms with E-state index in [1.165, 1.54) is 11.3 Å². The maximum Gasteiger partial charge on any atom is 0.341 e. The number of rotatable bonds is 6. The van der Waals surface area contributed by atoms with Crippen LogP contribution in [-0.2, 0) is 9.53 Å². The van der Waals surface area contributed by atoms with Gasteiger partial charge in [-0.1, -0.05) is 29.8 Å². The molecule has 1 aromatic carbocycles. The van der Waals surface area contributed by atoms with E-state index in [9.17, 15) is 9.59 Å². The summed E-state index contributed by atoms with van der Waals surface area (Å²) in [5, 5.41) is 3.54. The Hall–Kier alpha value is -2.22. The number of hydrogen-bond donors (Lipinski definition) is 1. The van der Waals surface area contributed by atoms with Crippen LogP contribution in [0, 0.1) is 13.8 Å². The summed E-state index contributed by atoms with van der Waals surface area (Å²) in [7, 11) is 2.09. The van der Waals surface area contributed by atoms with E-state index >= 15 is 0 Å². The Balaban J connectivity index is 1.85. The molecule has 1 aliphatic heterocycles. The molecule has 0 bridgehead atoms. The lowest BCUT2D eigenvalue weighted by Gasteiger charge is -2.31. The van der Waals surface area contributed by atoms with Gasteiger partial charge in [0.1, 0.15) is 10.6 Å². The molecule has 2 aromatic rings. The Morgan fingerprint density at radius 3 is 2.38 bits per heavy atom. The second-order valence-electron chi connectivity index (χ2n) is 7.45. The van der Waals surface area contributed by atoms with Gasteiger partial charge < -0.3 is 15.0 Å². The predicted molar refractivity (Wildman–Crippen MR) is 118 cm³/mol. The zero-order valence-electron chi connectivity index (χ0n) is 17.6.